The van der Waals surface area contributed by atoms with Crippen molar-refractivity contribution in [1.82, 2.24) is 15.2 Å². The van der Waals surface area contributed by atoms with Crippen molar-refractivity contribution in [2.24, 2.45) is 17.8 Å². The van der Waals surface area contributed by atoms with E-state index in [1.54, 1.807) is 5.57 Å². The minimum Gasteiger partial charge on any atom is -0.299 e. The topological polar surface area (TPSA) is 27.3 Å². The van der Waals surface area contributed by atoms with Crippen molar-refractivity contribution in [2.75, 3.05) is 20.0 Å². The predicted molar refractivity (Wildman–Crippen MR) is 87.6 cm³/mol. The highest BCUT2D eigenvalue weighted by molar-refractivity contribution is 6.76. The molecule has 2 aliphatic carbocycles. The molecule has 4 heteroatoms. The van der Waals surface area contributed by atoms with Crippen LogP contribution in [0.5, 0.6) is 0 Å². The van der Waals surface area contributed by atoms with Crippen molar-refractivity contribution in [3.8, 4) is 0 Å². The molecule has 20 heavy (non-hydrogen) atoms. The summed E-state index contributed by atoms with van der Waals surface area (Å²) in [5.74, 6) is 2.41. The lowest BCUT2D eigenvalue weighted by Gasteiger charge is -2.45. The Morgan fingerprint density at radius 1 is 1.25 bits per heavy atom. The number of nitrogens with one attached hydrogen (secondary N) is 2. The molecule has 1 saturated carbocycles. The Morgan fingerprint density at radius 3 is 2.65 bits per heavy atom. The van der Waals surface area contributed by atoms with Gasteiger partial charge in [0.2, 0.25) is 0 Å². The molecule has 0 amide bonds. The summed E-state index contributed by atoms with van der Waals surface area (Å²) in [6.45, 7) is 13.0. The van der Waals surface area contributed by atoms with Crippen LogP contribution >= 0.6 is 0 Å². The Hall–Kier alpha value is -0.423. The van der Waals surface area contributed by atoms with E-state index < -0.39 is 8.24 Å². The molecule has 1 aliphatic heterocycles. The first-order chi connectivity index (χ1) is 9.51. The van der Waals surface area contributed by atoms with E-state index in [2.05, 4.69) is 60.4 Å². The average Bonchev–Trinajstić information content (AvgIpc) is 2.79. The van der Waals surface area contributed by atoms with Gasteiger partial charge < -0.3 is 0 Å². The van der Waals surface area contributed by atoms with E-state index in [0.717, 1.165) is 43.3 Å². The van der Waals surface area contributed by atoms with E-state index in [9.17, 15) is 0 Å². The van der Waals surface area contributed by atoms with Crippen molar-refractivity contribution in [3.05, 3.63) is 23.8 Å². The molecule has 0 aromatic heterocycles. The van der Waals surface area contributed by atoms with Crippen molar-refractivity contribution in [3.63, 3.8) is 0 Å². The molecule has 3 aliphatic rings. The number of hydrogen-bond acceptors (Lipinski definition) is 3. The van der Waals surface area contributed by atoms with Gasteiger partial charge in [-0.05, 0) is 36.6 Å². The van der Waals surface area contributed by atoms with Crippen LogP contribution in [-0.2, 0) is 0 Å². The first-order valence-electron chi connectivity index (χ1n) is 8.03. The predicted octanol–water partition coefficient (Wildman–Crippen LogP) is 2.72. The molecule has 2 fully saturated rings. The number of rotatable bonds is 2. The maximum atomic E-state index is 3.48. The van der Waals surface area contributed by atoms with Gasteiger partial charge in [-0.15, -0.1) is 0 Å². The van der Waals surface area contributed by atoms with Crippen LogP contribution < -0.4 is 10.6 Å². The maximum Gasteiger partial charge on any atom is 0.128 e. The standard InChI is InChI=1S/C16H29N3Si/c1-12-6-5-7-14-15(8-13(2)16(12)14)20(3,4)19-10-17-9-18-11-19/h5-7,13-18H,8-11H2,1-4H3/t13-,14?,15?,16?/m0/s1. The van der Waals surface area contributed by atoms with Crippen LogP contribution in [0.2, 0.25) is 18.6 Å². The van der Waals surface area contributed by atoms with Gasteiger partial charge in [-0.1, -0.05) is 43.8 Å². The maximum absolute atomic E-state index is 3.48. The Bertz CT molecular complexity index is 423. The quantitative estimate of drug-likeness (QED) is 0.766. The van der Waals surface area contributed by atoms with Gasteiger partial charge in [-0.3, -0.25) is 15.2 Å². The monoisotopic (exact) mass is 291 g/mol. The van der Waals surface area contributed by atoms with Crippen molar-refractivity contribution in [2.45, 2.75) is 38.9 Å². The summed E-state index contributed by atoms with van der Waals surface area (Å²) < 4.78 is 2.71. The largest absolute Gasteiger partial charge is 0.299 e. The molecular weight excluding hydrogens is 262 g/mol. The van der Waals surface area contributed by atoms with Crippen LogP contribution in [0.1, 0.15) is 20.3 Å². The highest BCUT2D eigenvalue weighted by Crippen LogP contribution is 2.54. The van der Waals surface area contributed by atoms with Crippen LogP contribution in [0.15, 0.2) is 23.8 Å². The molecule has 4 atom stereocenters. The number of fused-ring (bicyclic) bond motifs is 1. The van der Waals surface area contributed by atoms with Gasteiger partial charge in [-0.2, -0.15) is 0 Å². The summed E-state index contributed by atoms with van der Waals surface area (Å²) in [5, 5.41) is 6.95. The fourth-order valence-corrected chi connectivity index (χ4v) is 8.43. The lowest BCUT2D eigenvalue weighted by atomic mass is 9.81. The number of hydrogen-bond donors (Lipinski definition) is 2. The van der Waals surface area contributed by atoms with Crippen LogP contribution in [0, 0.1) is 17.8 Å². The first-order valence-corrected chi connectivity index (χ1v) is 11.1. The lowest BCUT2D eigenvalue weighted by Crippen LogP contribution is -2.63. The summed E-state index contributed by atoms with van der Waals surface area (Å²) in [6.07, 6.45) is 8.54. The molecular formula is C16H29N3Si. The molecule has 112 valence electrons. The highest BCUT2D eigenvalue weighted by atomic mass is 28.3. The molecule has 3 rings (SSSR count). The third kappa shape index (κ3) is 2.33. The van der Waals surface area contributed by atoms with Gasteiger partial charge in [0, 0.05) is 20.0 Å². The molecule has 3 nitrogen and oxygen atoms in total. The number of allylic oxidation sites excluding steroid dienone is 4. The molecule has 2 N–H and O–H groups in total. The zero-order valence-electron chi connectivity index (χ0n) is 13.3. The summed E-state index contributed by atoms with van der Waals surface area (Å²) in [4.78, 5) is 0. The molecule has 1 heterocycles. The molecule has 3 unspecified atom stereocenters. The summed E-state index contributed by atoms with van der Waals surface area (Å²) in [5.41, 5.74) is 2.48. The number of nitrogens with zero attached hydrogens (tertiary/aromatic N) is 1. The second kappa shape index (κ2) is 5.41. The third-order valence-corrected chi connectivity index (χ3v) is 10.3. The van der Waals surface area contributed by atoms with E-state index in [4.69, 9.17) is 0 Å². The summed E-state index contributed by atoms with van der Waals surface area (Å²) in [7, 11) is -1.42. The van der Waals surface area contributed by atoms with Crippen molar-refractivity contribution >= 4 is 8.24 Å². The lowest BCUT2D eigenvalue weighted by molar-refractivity contribution is 0.283. The van der Waals surface area contributed by atoms with Gasteiger partial charge >= 0.3 is 0 Å². The molecule has 1 saturated heterocycles. The van der Waals surface area contributed by atoms with Gasteiger partial charge in [-0.25, -0.2) is 0 Å². The van der Waals surface area contributed by atoms with E-state index in [-0.39, 0.29) is 0 Å². The van der Waals surface area contributed by atoms with Gasteiger partial charge in [0.25, 0.3) is 0 Å². The minimum atomic E-state index is -1.42. The van der Waals surface area contributed by atoms with Gasteiger partial charge in [0.15, 0.2) is 0 Å². The highest BCUT2D eigenvalue weighted by Gasteiger charge is 2.50. The fourth-order valence-electron chi connectivity index (χ4n) is 4.71. The molecule has 0 radical (unpaired) electrons. The smallest absolute Gasteiger partial charge is 0.128 e. The van der Waals surface area contributed by atoms with Gasteiger partial charge in [0.1, 0.15) is 8.24 Å². The Labute approximate surface area is 124 Å². The first kappa shape index (κ1) is 14.5. The van der Waals surface area contributed by atoms with Gasteiger partial charge in [0.05, 0.1) is 0 Å². The second-order valence-corrected chi connectivity index (χ2v) is 12.1. The van der Waals surface area contributed by atoms with Crippen LogP contribution in [0.4, 0.5) is 0 Å². The van der Waals surface area contributed by atoms with Crippen LogP contribution in [-0.4, -0.2) is 32.8 Å². The van der Waals surface area contributed by atoms with E-state index in [1.165, 1.54) is 6.42 Å². The zero-order chi connectivity index (χ0) is 14.3. The Kier molecular flexibility index (Phi) is 3.92. The Morgan fingerprint density at radius 2 is 1.95 bits per heavy atom. The molecule has 0 spiro atoms. The zero-order valence-corrected chi connectivity index (χ0v) is 14.3. The second-order valence-electron chi connectivity index (χ2n) is 7.40. The van der Waals surface area contributed by atoms with Crippen molar-refractivity contribution in [1.29, 1.82) is 0 Å². The Balaban J connectivity index is 1.83. The van der Waals surface area contributed by atoms with E-state index in [0.29, 0.717) is 0 Å². The van der Waals surface area contributed by atoms with Crippen LogP contribution in [0.3, 0.4) is 0 Å². The van der Waals surface area contributed by atoms with Crippen molar-refractivity contribution < 1.29 is 0 Å². The average molecular weight is 292 g/mol. The summed E-state index contributed by atoms with van der Waals surface area (Å²) >= 11 is 0. The molecule has 0 bridgehead atoms. The minimum absolute atomic E-state index is 0.776. The normalized spacial score (nSPS) is 38.7. The molecule has 0 aromatic rings. The van der Waals surface area contributed by atoms with Crippen LogP contribution in [0.25, 0.3) is 0 Å². The third-order valence-electron chi connectivity index (χ3n) is 5.91. The SMILES string of the molecule is CC1=CC=CC2C1[C@@H](C)CC2[Si](C)(C)N1CNCNC1. The summed E-state index contributed by atoms with van der Waals surface area (Å²) in [6, 6.07) is 0. The van der Waals surface area contributed by atoms with E-state index >= 15 is 0 Å². The fraction of sp³-hybridized carbons (Fsp3) is 0.750. The van der Waals surface area contributed by atoms with E-state index in [1.807, 2.05) is 0 Å². The molecule has 0 aromatic carbocycles.